The minimum Gasteiger partial charge on any atom is -0.443 e. The summed E-state index contributed by atoms with van der Waals surface area (Å²) in [5, 5.41) is 8.78. The zero-order valence-corrected chi connectivity index (χ0v) is 8.01. The third kappa shape index (κ3) is 1.67. The van der Waals surface area contributed by atoms with Crippen molar-refractivity contribution in [3.63, 3.8) is 0 Å². The molecule has 0 amide bonds. The second-order valence-electron chi connectivity index (χ2n) is 3.92. The van der Waals surface area contributed by atoms with E-state index in [1.54, 1.807) is 0 Å². The maximum atomic E-state index is 8.78. The molecular weight excluding hydrogens is 154 g/mol. The van der Waals surface area contributed by atoms with Gasteiger partial charge in [-0.3, -0.25) is 0 Å². The summed E-state index contributed by atoms with van der Waals surface area (Å²) >= 11 is 0. The van der Waals surface area contributed by atoms with Crippen LogP contribution in [0.1, 0.15) is 38.1 Å². The van der Waals surface area contributed by atoms with Crippen molar-refractivity contribution in [3.8, 4) is 0 Å². The summed E-state index contributed by atoms with van der Waals surface area (Å²) < 4.78 is 5.23. The molecule has 0 aliphatic heterocycles. The molecule has 0 aromatic carbocycles. The topological polar surface area (TPSA) is 46.3 Å². The van der Waals surface area contributed by atoms with Crippen LogP contribution in [0.5, 0.6) is 0 Å². The van der Waals surface area contributed by atoms with Crippen molar-refractivity contribution < 1.29 is 9.52 Å². The highest BCUT2D eigenvalue weighted by atomic mass is 16.4. The Balaban J connectivity index is 3.08. The molecule has 0 spiro atoms. The highest BCUT2D eigenvalue weighted by molar-refractivity contribution is 5.17. The molecule has 3 nitrogen and oxygen atoms in total. The van der Waals surface area contributed by atoms with E-state index >= 15 is 0 Å². The number of nitrogens with zero attached hydrogens (tertiary/aromatic N) is 1. The Morgan fingerprint density at radius 2 is 2.00 bits per heavy atom. The second kappa shape index (κ2) is 2.90. The lowest BCUT2D eigenvalue weighted by atomic mass is 9.91. The van der Waals surface area contributed by atoms with E-state index in [-0.39, 0.29) is 12.0 Å². The summed E-state index contributed by atoms with van der Waals surface area (Å²) in [6, 6.07) is 0. The van der Waals surface area contributed by atoms with Crippen molar-refractivity contribution in [2.24, 2.45) is 0 Å². The van der Waals surface area contributed by atoms with Crippen LogP contribution in [0.4, 0.5) is 0 Å². The average Bonchev–Trinajstić information content (AvgIpc) is 2.29. The number of rotatable bonds is 1. The standard InChI is InChI=1S/C9H15NO2/c1-6-8(9(2,3)4)10-7(5-11)12-6/h11H,5H2,1-4H3. The van der Waals surface area contributed by atoms with E-state index in [9.17, 15) is 0 Å². The van der Waals surface area contributed by atoms with E-state index in [0.717, 1.165) is 11.5 Å². The van der Waals surface area contributed by atoms with Gasteiger partial charge in [-0.2, -0.15) is 0 Å². The van der Waals surface area contributed by atoms with Crippen LogP contribution in [0, 0.1) is 6.92 Å². The van der Waals surface area contributed by atoms with Gasteiger partial charge in [-0.1, -0.05) is 20.8 Å². The Kier molecular flexibility index (Phi) is 2.24. The van der Waals surface area contributed by atoms with Crippen LogP contribution < -0.4 is 0 Å². The molecule has 0 fully saturated rings. The number of aliphatic hydroxyl groups is 1. The van der Waals surface area contributed by atoms with Crippen LogP contribution in [-0.2, 0) is 12.0 Å². The molecular formula is C9H15NO2. The predicted molar refractivity (Wildman–Crippen MR) is 45.9 cm³/mol. The van der Waals surface area contributed by atoms with Crippen LogP contribution >= 0.6 is 0 Å². The number of hydrogen-bond acceptors (Lipinski definition) is 3. The molecule has 0 aliphatic carbocycles. The highest BCUT2D eigenvalue weighted by Crippen LogP contribution is 2.24. The SMILES string of the molecule is Cc1oc(CO)nc1C(C)(C)C. The normalized spacial score (nSPS) is 12.1. The summed E-state index contributed by atoms with van der Waals surface area (Å²) in [5.41, 5.74) is 0.910. The summed E-state index contributed by atoms with van der Waals surface area (Å²) in [5.74, 6) is 1.20. The fourth-order valence-electron chi connectivity index (χ4n) is 1.21. The van der Waals surface area contributed by atoms with Crippen LogP contribution in [0.3, 0.4) is 0 Å². The van der Waals surface area contributed by atoms with Gasteiger partial charge in [0.1, 0.15) is 12.4 Å². The molecule has 1 heterocycles. The summed E-state index contributed by atoms with van der Waals surface area (Å²) in [7, 11) is 0. The fraction of sp³-hybridized carbons (Fsp3) is 0.667. The molecule has 0 saturated heterocycles. The monoisotopic (exact) mass is 169 g/mol. The summed E-state index contributed by atoms with van der Waals surface area (Å²) in [4.78, 5) is 4.18. The van der Waals surface area contributed by atoms with Crippen LogP contribution in [0.25, 0.3) is 0 Å². The Morgan fingerprint density at radius 3 is 2.25 bits per heavy atom. The predicted octanol–water partition coefficient (Wildman–Crippen LogP) is 1.77. The van der Waals surface area contributed by atoms with Crippen molar-refractivity contribution in [1.82, 2.24) is 4.98 Å². The lowest BCUT2D eigenvalue weighted by Crippen LogP contribution is -2.13. The molecule has 0 unspecified atom stereocenters. The molecule has 3 heteroatoms. The number of aromatic nitrogens is 1. The lowest BCUT2D eigenvalue weighted by Gasteiger charge is -2.14. The van der Waals surface area contributed by atoms with E-state index in [0.29, 0.717) is 5.89 Å². The smallest absolute Gasteiger partial charge is 0.220 e. The van der Waals surface area contributed by atoms with Crippen LogP contribution in [0.15, 0.2) is 4.42 Å². The first-order chi connectivity index (χ1) is 5.45. The molecule has 1 aromatic heterocycles. The van der Waals surface area contributed by atoms with Gasteiger partial charge in [0.15, 0.2) is 0 Å². The van der Waals surface area contributed by atoms with Crippen molar-refractivity contribution in [1.29, 1.82) is 0 Å². The molecule has 0 atom stereocenters. The van der Waals surface area contributed by atoms with Gasteiger partial charge in [0.05, 0.1) is 5.69 Å². The zero-order valence-electron chi connectivity index (χ0n) is 8.01. The number of hydrogen-bond donors (Lipinski definition) is 1. The Hall–Kier alpha value is -0.830. The molecule has 1 N–H and O–H groups in total. The van der Waals surface area contributed by atoms with Crippen LogP contribution in [0.2, 0.25) is 0 Å². The van der Waals surface area contributed by atoms with Gasteiger partial charge < -0.3 is 9.52 Å². The van der Waals surface area contributed by atoms with Crippen molar-refractivity contribution in [2.45, 2.75) is 39.7 Å². The van der Waals surface area contributed by atoms with Gasteiger partial charge in [0, 0.05) is 5.41 Å². The van der Waals surface area contributed by atoms with Gasteiger partial charge in [0.25, 0.3) is 0 Å². The maximum absolute atomic E-state index is 8.78. The Bertz CT molecular complexity index is 271. The quantitative estimate of drug-likeness (QED) is 0.697. The van der Waals surface area contributed by atoms with Crippen LogP contribution in [-0.4, -0.2) is 10.1 Å². The molecule has 0 radical (unpaired) electrons. The summed E-state index contributed by atoms with van der Waals surface area (Å²) in [6.45, 7) is 7.95. The minimum absolute atomic E-state index is 0.0129. The van der Waals surface area contributed by atoms with Crippen molar-refractivity contribution in [2.75, 3.05) is 0 Å². The molecule has 12 heavy (non-hydrogen) atoms. The van der Waals surface area contributed by atoms with Gasteiger partial charge in [-0.25, -0.2) is 4.98 Å². The maximum Gasteiger partial charge on any atom is 0.220 e. The molecule has 1 aromatic rings. The number of oxazole rings is 1. The fourth-order valence-corrected chi connectivity index (χ4v) is 1.21. The Morgan fingerprint density at radius 1 is 1.42 bits per heavy atom. The first-order valence-corrected chi connectivity index (χ1v) is 4.03. The first-order valence-electron chi connectivity index (χ1n) is 4.03. The largest absolute Gasteiger partial charge is 0.443 e. The highest BCUT2D eigenvalue weighted by Gasteiger charge is 2.21. The minimum atomic E-state index is -0.128. The zero-order chi connectivity index (χ0) is 9.35. The lowest BCUT2D eigenvalue weighted by molar-refractivity contribution is 0.238. The second-order valence-corrected chi connectivity index (χ2v) is 3.92. The van der Waals surface area contributed by atoms with E-state index in [1.807, 2.05) is 6.92 Å². The number of aryl methyl sites for hydroxylation is 1. The average molecular weight is 169 g/mol. The van der Waals surface area contributed by atoms with E-state index in [4.69, 9.17) is 9.52 Å². The summed E-state index contributed by atoms with van der Waals surface area (Å²) in [6.07, 6.45) is 0. The van der Waals surface area contributed by atoms with E-state index in [2.05, 4.69) is 25.8 Å². The molecule has 0 saturated carbocycles. The molecule has 1 rings (SSSR count). The number of aliphatic hydroxyl groups excluding tert-OH is 1. The Labute approximate surface area is 72.4 Å². The first kappa shape index (κ1) is 9.26. The molecule has 68 valence electrons. The van der Waals surface area contributed by atoms with Crippen molar-refractivity contribution in [3.05, 3.63) is 17.3 Å². The van der Waals surface area contributed by atoms with E-state index < -0.39 is 0 Å². The third-order valence-corrected chi connectivity index (χ3v) is 1.69. The van der Waals surface area contributed by atoms with Gasteiger partial charge >= 0.3 is 0 Å². The third-order valence-electron chi connectivity index (χ3n) is 1.69. The van der Waals surface area contributed by atoms with Crippen molar-refractivity contribution >= 4 is 0 Å². The van der Waals surface area contributed by atoms with Gasteiger partial charge in [0.2, 0.25) is 5.89 Å². The van der Waals surface area contributed by atoms with Gasteiger partial charge in [-0.15, -0.1) is 0 Å². The van der Waals surface area contributed by atoms with Gasteiger partial charge in [-0.05, 0) is 6.92 Å². The van der Waals surface area contributed by atoms with E-state index in [1.165, 1.54) is 0 Å². The molecule has 0 aliphatic rings. The molecule has 0 bridgehead atoms.